The number of ether oxygens (including phenoxy) is 1. The molecular formula is C17H19NO4S2. The number of hydrogen-bond donors (Lipinski definition) is 0. The Labute approximate surface area is 145 Å². The molecule has 0 saturated heterocycles. The molecule has 128 valence electrons. The van der Waals surface area contributed by atoms with Gasteiger partial charge in [-0.05, 0) is 35.9 Å². The van der Waals surface area contributed by atoms with E-state index in [4.69, 9.17) is 4.74 Å². The second kappa shape index (κ2) is 7.04. The lowest BCUT2D eigenvalue weighted by Gasteiger charge is -2.35. The molecule has 1 atom stereocenters. The average molecular weight is 365 g/mol. The van der Waals surface area contributed by atoms with Crippen molar-refractivity contribution in [2.24, 2.45) is 0 Å². The number of carbonyl (C=O) groups is 1. The molecule has 5 nitrogen and oxygen atoms in total. The first-order valence-corrected chi connectivity index (χ1v) is 10.1. The Morgan fingerprint density at radius 3 is 2.79 bits per heavy atom. The maximum Gasteiger partial charge on any atom is 0.307 e. The van der Waals surface area contributed by atoms with Gasteiger partial charge in [0, 0.05) is 6.54 Å². The third-order valence-corrected chi connectivity index (χ3v) is 7.37. The fourth-order valence-electron chi connectivity index (χ4n) is 3.03. The summed E-state index contributed by atoms with van der Waals surface area (Å²) in [7, 11) is -3.63. The lowest BCUT2D eigenvalue weighted by molar-refractivity contribution is -0.144. The van der Waals surface area contributed by atoms with Crippen molar-refractivity contribution >= 4 is 27.3 Å². The molecule has 0 amide bonds. The zero-order chi connectivity index (χ0) is 17.2. The molecule has 7 heteroatoms. The van der Waals surface area contributed by atoms with Crippen LogP contribution in [-0.4, -0.2) is 31.8 Å². The fourth-order valence-corrected chi connectivity index (χ4v) is 5.76. The minimum Gasteiger partial charge on any atom is -0.466 e. The summed E-state index contributed by atoms with van der Waals surface area (Å²) < 4.78 is 32.8. The number of benzene rings is 1. The molecule has 24 heavy (non-hydrogen) atoms. The number of thiophene rings is 1. The minimum atomic E-state index is -3.63. The summed E-state index contributed by atoms with van der Waals surface area (Å²) in [4.78, 5) is 12.0. The van der Waals surface area contributed by atoms with Gasteiger partial charge in [-0.3, -0.25) is 4.79 Å². The van der Waals surface area contributed by atoms with Crippen molar-refractivity contribution in [2.75, 3.05) is 13.2 Å². The Hall–Kier alpha value is -1.70. The van der Waals surface area contributed by atoms with Crippen LogP contribution in [0, 0.1) is 0 Å². The van der Waals surface area contributed by atoms with Crippen molar-refractivity contribution in [1.82, 2.24) is 4.31 Å². The molecule has 0 spiro atoms. The van der Waals surface area contributed by atoms with Crippen molar-refractivity contribution in [3.05, 3.63) is 52.9 Å². The molecule has 0 aliphatic carbocycles. The van der Waals surface area contributed by atoms with Gasteiger partial charge in [-0.15, -0.1) is 11.3 Å². The maximum absolute atomic E-state index is 13.0. The maximum atomic E-state index is 13.0. The van der Waals surface area contributed by atoms with Crippen molar-refractivity contribution in [1.29, 1.82) is 0 Å². The molecule has 0 saturated carbocycles. The van der Waals surface area contributed by atoms with E-state index < -0.39 is 16.1 Å². The molecule has 0 radical (unpaired) electrons. The highest BCUT2D eigenvalue weighted by Crippen LogP contribution is 2.37. The van der Waals surface area contributed by atoms with Crippen LogP contribution in [0.2, 0.25) is 0 Å². The van der Waals surface area contributed by atoms with Gasteiger partial charge < -0.3 is 4.74 Å². The summed E-state index contributed by atoms with van der Waals surface area (Å²) in [5.41, 5.74) is 1.97. The quantitative estimate of drug-likeness (QED) is 0.764. The Bertz CT molecular complexity index is 815. The zero-order valence-electron chi connectivity index (χ0n) is 13.3. The summed E-state index contributed by atoms with van der Waals surface area (Å²) in [6.45, 7) is 2.39. The highest BCUT2D eigenvalue weighted by atomic mass is 32.2. The molecule has 0 fully saturated rings. The van der Waals surface area contributed by atoms with Crippen molar-refractivity contribution in [3.63, 3.8) is 0 Å². The normalized spacial score (nSPS) is 18.1. The van der Waals surface area contributed by atoms with Crippen LogP contribution in [0.15, 0.2) is 46.0 Å². The second-order valence-electron chi connectivity index (χ2n) is 5.52. The molecule has 3 rings (SSSR count). The van der Waals surface area contributed by atoms with Gasteiger partial charge in [0.1, 0.15) is 4.21 Å². The van der Waals surface area contributed by atoms with Gasteiger partial charge in [-0.25, -0.2) is 8.42 Å². The van der Waals surface area contributed by atoms with Gasteiger partial charge in [-0.2, -0.15) is 4.31 Å². The van der Waals surface area contributed by atoms with Crippen LogP contribution in [-0.2, 0) is 26.0 Å². The van der Waals surface area contributed by atoms with Gasteiger partial charge in [0.05, 0.1) is 19.1 Å². The average Bonchev–Trinajstić information content (AvgIpc) is 3.10. The lowest BCUT2D eigenvalue weighted by atomic mass is 9.92. The highest BCUT2D eigenvalue weighted by molar-refractivity contribution is 7.91. The van der Waals surface area contributed by atoms with Gasteiger partial charge >= 0.3 is 5.97 Å². The molecule has 0 bridgehead atoms. The Morgan fingerprint density at radius 2 is 2.08 bits per heavy atom. The van der Waals surface area contributed by atoms with E-state index in [2.05, 4.69) is 0 Å². The largest absolute Gasteiger partial charge is 0.466 e. The SMILES string of the molecule is CCOC(=O)C[C@H]1c2ccccc2CCN1S(=O)(=O)c1cccs1. The van der Waals surface area contributed by atoms with E-state index in [1.54, 1.807) is 24.4 Å². The number of nitrogens with zero attached hydrogens (tertiary/aromatic N) is 1. The van der Waals surface area contributed by atoms with E-state index in [-0.39, 0.29) is 19.0 Å². The van der Waals surface area contributed by atoms with Crippen molar-refractivity contribution in [3.8, 4) is 0 Å². The Balaban J connectivity index is 2.00. The van der Waals surface area contributed by atoms with Crippen LogP contribution in [0.5, 0.6) is 0 Å². The van der Waals surface area contributed by atoms with E-state index >= 15 is 0 Å². The number of esters is 1. The fraction of sp³-hybridized carbons (Fsp3) is 0.353. The van der Waals surface area contributed by atoms with Gasteiger partial charge in [0.2, 0.25) is 0 Å². The van der Waals surface area contributed by atoms with Crippen LogP contribution in [0.1, 0.15) is 30.5 Å². The van der Waals surface area contributed by atoms with E-state index in [0.29, 0.717) is 17.2 Å². The summed E-state index contributed by atoms with van der Waals surface area (Å²) in [5.74, 6) is -0.384. The smallest absolute Gasteiger partial charge is 0.307 e. The number of carbonyl (C=O) groups excluding carboxylic acids is 1. The number of fused-ring (bicyclic) bond motifs is 1. The number of rotatable bonds is 5. The first kappa shape index (κ1) is 17.1. The van der Waals surface area contributed by atoms with Gasteiger partial charge in [0.15, 0.2) is 0 Å². The molecule has 2 aromatic rings. The van der Waals surface area contributed by atoms with E-state index in [1.807, 2.05) is 24.3 Å². The third-order valence-electron chi connectivity index (χ3n) is 4.09. The Morgan fingerprint density at radius 1 is 1.29 bits per heavy atom. The predicted octanol–water partition coefficient (Wildman–Crippen LogP) is 2.99. The van der Waals surface area contributed by atoms with Crippen LogP contribution < -0.4 is 0 Å². The summed E-state index contributed by atoms with van der Waals surface area (Å²) >= 11 is 1.19. The molecule has 1 aliphatic heterocycles. The van der Waals surface area contributed by atoms with E-state index in [9.17, 15) is 13.2 Å². The van der Waals surface area contributed by atoms with Gasteiger partial charge in [0.25, 0.3) is 10.0 Å². The summed E-state index contributed by atoms with van der Waals surface area (Å²) in [6.07, 6.45) is 0.662. The molecule has 2 heterocycles. The lowest BCUT2D eigenvalue weighted by Crippen LogP contribution is -2.40. The standard InChI is InChI=1S/C17H19NO4S2/c1-2-22-16(19)12-15-14-7-4-3-6-13(14)9-10-18(15)24(20,21)17-8-5-11-23-17/h3-8,11,15H,2,9-10,12H2,1H3/t15-/m0/s1. The number of hydrogen-bond acceptors (Lipinski definition) is 5. The third kappa shape index (κ3) is 3.24. The first-order chi connectivity index (χ1) is 11.5. The number of sulfonamides is 1. The highest BCUT2D eigenvalue weighted by Gasteiger charge is 2.38. The molecule has 1 aliphatic rings. The molecular weight excluding hydrogens is 346 g/mol. The topological polar surface area (TPSA) is 63.7 Å². The monoisotopic (exact) mass is 365 g/mol. The molecule has 0 unspecified atom stereocenters. The Kier molecular flexibility index (Phi) is 5.03. The summed E-state index contributed by atoms with van der Waals surface area (Å²) in [6, 6.07) is 10.5. The predicted molar refractivity (Wildman–Crippen MR) is 92.3 cm³/mol. The van der Waals surface area contributed by atoms with E-state index in [0.717, 1.165) is 11.1 Å². The first-order valence-electron chi connectivity index (χ1n) is 7.83. The van der Waals surface area contributed by atoms with Gasteiger partial charge in [-0.1, -0.05) is 30.3 Å². The summed E-state index contributed by atoms with van der Waals surface area (Å²) in [5, 5.41) is 1.74. The van der Waals surface area contributed by atoms with Crippen LogP contribution in [0.3, 0.4) is 0 Å². The molecule has 1 aromatic carbocycles. The second-order valence-corrected chi connectivity index (χ2v) is 8.59. The van der Waals surface area contributed by atoms with Crippen LogP contribution in [0.25, 0.3) is 0 Å². The molecule has 1 aromatic heterocycles. The van der Waals surface area contributed by atoms with E-state index in [1.165, 1.54) is 15.6 Å². The van der Waals surface area contributed by atoms with Crippen LogP contribution >= 0.6 is 11.3 Å². The molecule has 0 N–H and O–H groups in total. The van der Waals surface area contributed by atoms with Crippen molar-refractivity contribution in [2.45, 2.75) is 30.0 Å². The minimum absolute atomic E-state index is 0.0233. The van der Waals surface area contributed by atoms with Crippen LogP contribution in [0.4, 0.5) is 0 Å². The zero-order valence-corrected chi connectivity index (χ0v) is 15.0. The van der Waals surface area contributed by atoms with Crippen molar-refractivity contribution < 1.29 is 17.9 Å².